The summed E-state index contributed by atoms with van der Waals surface area (Å²) in [7, 11) is 0. The molecule has 9 nitrogen and oxygen atoms in total. The van der Waals surface area contributed by atoms with E-state index < -0.39 is 17.9 Å². The molecule has 144 valence electrons. The van der Waals surface area contributed by atoms with Gasteiger partial charge in [0.15, 0.2) is 5.13 Å². The molecule has 0 aromatic carbocycles. The summed E-state index contributed by atoms with van der Waals surface area (Å²) in [6.07, 6.45) is -0.0915. The molecule has 1 aromatic rings. The Labute approximate surface area is 155 Å². The Balaban J connectivity index is 2.76. The highest BCUT2D eigenvalue weighted by Gasteiger charge is 2.26. The first-order chi connectivity index (χ1) is 12.1. The number of carboxylic acids is 1. The number of hydrogen-bond acceptors (Lipinski definition) is 6. The second-order valence-corrected chi connectivity index (χ2v) is 6.91. The van der Waals surface area contributed by atoms with E-state index >= 15 is 0 Å². The summed E-state index contributed by atoms with van der Waals surface area (Å²) in [6.45, 7) is 6.50. The molecule has 1 atom stereocenters. The van der Waals surface area contributed by atoms with E-state index in [1.807, 2.05) is 0 Å². The first-order valence-electron chi connectivity index (χ1n) is 8.13. The molecule has 0 fully saturated rings. The summed E-state index contributed by atoms with van der Waals surface area (Å²) < 4.78 is 0. The molecule has 0 radical (unpaired) electrons. The second-order valence-electron chi connectivity index (χ2n) is 6.05. The van der Waals surface area contributed by atoms with Crippen molar-refractivity contribution in [2.45, 2.75) is 40.2 Å². The van der Waals surface area contributed by atoms with Crippen molar-refractivity contribution in [1.82, 2.24) is 15.2 Å². The summed E-state index contributed by atoms with van der Waals surface area (Å²) in [6, 6.07) is -1.03. The van der Waals surface area contributed by atoms with Gasteiger partial charge in [-0.05, 0) is 6.92 Å². The van der Waals surface area contributed by atoms with Crippen LogP contribution in [0, 0.1) is 5.92 Å². The van der Waals surface area contributed by atoms with E-state index in [0.29, 0.717) is 10.8 Å². The van der Waals surface area contributed by atoms with Gasteiger partial charge in [-0.3, -0.25) is 14.4 Å². The van der Waals surface area contributed by atoms with E-state index in [0.717, 1.165) is 0 Å². The quantitative estimate of drug-likeness (QED) is 0.575. The summed E-state index contributed by atoms with van der Waals surface area (Å²) in [5.74, 6) is -2.18. The average molecular weight is 384 g/mol. The number of nitrogens with one attached hydrogen (secondary N) is 2. The van der Waals surface area contributed by atoms with Gasteiger partial charge in [-0.15, -0.1) is 11.3 Å². The molecular formula is C16H24N4O5S. The Kier molecular flexibility index (Phi) is 8.17. The predicted molar refractivity (Wildman–Crippen MR) is 96.8 cm³/mol. The zero-order chi connectivity index (χ0) is 19.9. The Morgan fingerprint density at radius 1 is 1.27 bits per heavy atom. The topological polar surface area (TPSA) is 129 Å². The molecule has 1 rings (SSSR count). The molecule has 0 spiro atoms. The Morgan fingerprint density at radius 2 is 1.92 bits per heavy atom. The lowest BCUT2D eigenvalue weighted by Gasteiger charge is -2.26. The third-order valence-electron chi connectivity index (χ3n) is 3.51. The van der Waals surface area contributed by atoms with Crippen LogP contribution in [0.3, 0.4) is 0 Å². The van der Waals surface area contributed by atoms with Gasteiger partial charge in [-0.1, -0.05) is 13.8 Å². The number of nitrogens with zero attached hydrogens (tertiary/aromatic N) is 2. The highest BCUT2D eigenvalue weighted by Crippen LogP contribution is 2.17. The van der Waals surface area contributed by atoms with Crippen LogP contribution in [0.5, 0.6) is 0 Å². The van der Waals surface area contributed by atoms with Crippen LogP contribution >= 0.6 is 11.3 Å². The van der Waals surface area contributed by atoms with E-state index in [1.54, 1.807) is 19.2 Å². The molecule has 26 heavy (non-hydrogen) atoms. The van der Waals surface area contributed by atoms with Crippen LogP contribution in [0.1, 0.15) is 33.4 Å². The van der Waals surface area contributed by atoms with Crippen molar-refractivity contribution in [1.29, 1.82) is 0 Å². The summed E-state index contributed by atoms with van der Waals surface area (Å²) in [5, 5.41) is 16.4. The lowest BCUT2D eigenvalue weighted by Crippen LogP contribution is -2.47. The number of aliphatic carboxylic acids is 1. The van der Waals surface area contributed by atoms with Crippen LogP contribution in [0.15, 0.2) is 5.38 Å². The molecule has 3 N–H and O–H groups in total. The lowest BCUT2D eigenvalue weighted by atomic mass is 10.2. The van der Waals surface area contributed by atoms with Gasteiger partial charge in [-0.25, -0.2) is 9.78 Å². The van der Waals surface area contributed by atoms with Crippen LogP contribution < -0.4 is 10.6 Å². The second kappa shape index (κ2) is 9.85. The maximum atomic E-state index is 12.5. The molecular weight excluding hydrogens is 360 g/mol. The molecule has 0 saturated heterocycles. The van der Waals surface area contributed by atoms with Crippen molar-refractivity contribution in [3.63, 3.8) is 0 Å². The van der Waals surface area contributed by atoms with E-state index in [2.05, 4.69) is 15.6 Å². The van der Waals surface area contributed by atoms with Gasteiger partial charge < -0.3 is 20.6 Å². The van der Waals surface area contributed by atoms with E-state index in [4.69, 9.17) is 0 Å². The standard InChI is InChI=1S/C16H24N4O5S/c1-9(2)14(23)19-16-18-12(8-26-16)7-13(22)20(10(3)15(24)25)6-5-17-11(4)21/h8-10H,5-7H2,1-4H3,(H,17,21)(H,24,25)(H,18,19,23). The normalized spacial score (nSPS) is 11.7. The van der Waals surface area contributed by atoms with Crippen molar-refractivity contribution >= 4 is 40.2 Å². The van der Waals surface area contributed by atoms with Gasteiger partial charge in [0.1, 0.15) is 6.04 Å². The molecule has 1 aromatic heterocycles. The minimum absolute atomic E-state index is 0.0763. The third-order valence-corrected chi connectivity index (χ3v) is 4.32. The van der Waals surface area contributed by atoms with Crippen LogP contribution in [0.4, 0.5) is 5.13 Å². The van der Waals surface area contributed by atoms with Crippen LogP contribution in [-0.2, 0) is 25.6 Å². The Bertz CT molecular complexity index is 673. The Hall–Kier alpha value is -2.49. The molecule has 0 aliphatic carbocycles. The maximum absolute atomic E-state index is 12.5. The predicted octanol–water partition coefficient (Wildman–Crippen LogP) is 0.718. The number of hydrogen-bond donors (Lipinski definition) is 3. The van der Waals surface area contributed by atoms with Crippen molar-refractivity contribution in [2.75, 3.05) is 18.4 Å². The fraction of sp³-hybridized carbons (Fsp3) is 0.562. The summed E-state index contributed by atoms with van der Waals surface area (Å²) in [4.78, 5) is 51.7. The number of rotatable bonds is 9. The van der Waals surface area contributed by atoms with E-state index in [9.17, 15) is 24.3 Å². The fourth-order valence-electron chi connectivity index (χ4n) is 1.97. The first-order valence-corrected chi connectivity index (χ1v) is 9.01. The number of thiazole rings is 1. The highest BCUT2D eigenvalue weighted by atomic mass is 32.1. The highest BCUT2D eigenvalue weighted by molar-refractivity contribution is 7.13. The number of anilines is 1. The smallest absolute Gasteiger partial charge is 0.326 e. The van der Waals surface area contributed by atoms with Gasteiger partial charge >= 0.3 is 5.97 Å². The fourth-order valence-corrected chi connectivity index (χ4v) is 2.69. The third kappa shape index (κ3) is 6.79. The number of carboxylic acid groups (broad SMARTS) is 1. The summed E-state index contributed by atoms with van der Waals surface area (Å²) >= 11 is 1.20. The number of aromatic nitrogens is 1. The lowest BCUT2D eigenvalue weighted by molar-refractivity contribution is -0.149. The SMILES string of the molecule is CC(=O)NCCN(C(=O)Cc1csc(NC(=O)C(C)C)n1)C(C)C(=O)O. The van der Waals surface area contributed by atoms with Crippen LogP contribution in [-0.4, -0.2) is 57.8 Å². The monoisotopic (exact) mass is 384 g/mol. The van der Waals surface area contributed by atoms with Gasteiger partial charge in [-0.2, -0.15) is 0 Å². The van der Waals surface area contributed by atoms with Crippen LogP contribution in [0.2, 0.25) is 0 Å². The van der Waals surface area contributed by atoms with Gasteiger partial charge in [0.05, 0.1) is 12.1 Å². The molecule has 0 aliphatic heterocycles. The van der Waals surface area contributed by atoms with Gasteiger partial charge in [0.25, 0.3) is 0 Å². The van der Waals surface area contributed by atoms with Crippen LogP contribution in [0.25, 0.3) is 0 Å². The van der Waals surface area contributed by atoms with E-state index in [-0.39, 0.29) is 37.2 Å². The zero-order valence-corrected chi connectivity index (χ0v) is 16.1. The van der Waals surface area contributed by atoms with Crippen molar-refractivity contribution in [3.8, 4) is 0 Å². The summed E-state index contributed by atoms with van der Waals surface area (Å²) in [5.41, 5.74) is 0.446. The molecule has 3 amide bonds. The molecule has 10 heteroatoms. The number of carbonyl (C=O) groups is 4. The number of carbonyl (C=O) groups excluding carboxylic acids is 3. The van der Waals surface area contributed by atoms with Crippen molar-refractivity contribution < 1.29 is 24.3 Å². The molecule has 1 unspecified atom stereocenters. The van der Waals surface area contributed by atoms with Gasteiger partial charge in [0, 0.05) is 31.3 Å². The zero-order valence-electron chi connectivity index (χ0n) is 15.2. The van der Waals surface area contributed by atoms with Crippen molar-refractivity contribution in [3.05, 3.63) is 11.1 Å². The minimum Gasteiger partial charge on any atom is -0.480 e. The molecule has 1 heterocycles. The van der Waals surface area contributed by atoms with Crippen molar-refractivity contribution in [2.24, 2.45) is 5.92 Å². The largest absolute Gasteiger partial charge is 0.480 e. The average Bonchev–Trinajstić information content (AvgIpc) is 2.97. The maximum Gasteiger partial charge on any atom is 0.326 e. The van der Waals surface area contributed by atoms with Gasteiger partial charge in [0.2, 0.25) is 17.7 Å². The minimum atomic E-state index is -1.13. The Morgan fingerprint density at radius 3 is 2.46 bits per heavy atom. The first kappa shape index (κ1) is 21.6. The molecule has 0 aliphatic rings. The number of amides is 3. The molecule has 0 bridgehead atoms. The van der Waals surface area contributed by atoms with E-state index in [1.165, 1.54) is 30.1 Å². The molecule has 0 saturated carbocycles.